The summed E-state index contributed by atoms with van der Waals surface area (Å²) in [7, 11) is -1.69. The first-order valence-electron chi connectivity index (χ1n) is 9.03. The summed E-state index contributed by atoms with van der Waals surface area (Å²) in [5, 5.41) is 0.227. The Morgan fingerprint density at radius 1 is 1.12 bits per heavy atom. The first kappa shape index (κ1) is 23.4. The fraction of sp³-hybridized carbons (Fsp3) is 0.944. The molecule has 0 saturated heterocycles. The van der Waals surface area contributed by atoms with Crippen molar-refractivity contribution in [3.8, 4) is 0 Å². The number of unbranched alkanes of at least 4 members (excludes halogenated alkanes) is 1. The van der Waals surface area contributed by atoms with Crippen molar-refractivity contribution in [3.63, 3.8) is 0 Å². The number of nitrogens with two attached hydrogens (primary N) is 1. The quantitative estimate of drug-likeness (QED) is 0.515. The van der Waals surface area contributed by atoms with Gasteiger partial charge >= 0.3 is 6.09 Å². The third-order valence-corrected chi connectivity index (χ3v) is 8.79. The van der Waals surface area contributed by atoms with Gasteiger partial charge < -0.3 is 19.8 Å². The number of carbonyl (C=O) groups excluding carboxylic acids is 1. The molecule has 0 heterocycles. The molecule has 5 nitrogen and oxygen atoms in total. The molecule has 0 aliphatic rings. The SMILES string of the molecule is CC(N)CN(CCCCO[Si](C)(C)C(C)(C)C)C(=O)OC(C)(C)C. The van der Waals surface area contributed by atoms with Gasteiger partial charge in [-0.1, -0.05) is 20.8 Å². The van der Waals surface area contributed by atoms with Crippen molar-refractivity contribution < 1.29 is 14.0 Å². The van der Waals surface area contributed by atoms with Crippen LogP contribution in [0.2, 0.25) is 18.1 Å². The van der Waals surface area contributed by atoms with E-state index < -0.39 is 13.9 Å². The molecule has 0 aromatic heterocycles. The van der Waals surface area contributed by atoms with Gasteiger partial charge in [0.1, 0.15) is 5.60 Å². The van der Waals surface area contributed by atoms with Crippen molar-refractivity contribution in [2.75, 3.05) is 19.7 Å². The van der Waals surface area contributed by atoms with Crippen LogP contribution < -0.4 is 5.73 Å². The molecule has 1 amide bonds. The highest BCUT2D eigenvalue weighted by molar-refractivity contribution is 6.74. The van der Waals surface area contributed by atoms with Crippen molar-refractivity contribution in [2.45, 2.75) is 91.1 Å². The summed E-state index contributed by atoms with van der Waals surface area (Å²) < 4.78 is 11.6. The third-order valence-electron chi connectivity index (χ3n) is 4.25. The molecule has 0 bridgehead atoms. The molecule has 0 aliphatic heterocycles. The molecule has 1 atom stereocenters. The molecule has 0 aromatic carbocycles. The monoisotopic (exact) mass is 360 g/mol. The molecule has 0 spiro atoms. The second-order valence-electron chi connectivity index (χ2n) is 9.22. The number of hydrogen-bond acceptors (Lipinski definition) is 4. The normalized spacial score (nSPS) is 14.4. The predicted molar refractivity (Wildman–Crippen MR) is 104 cm³/mol. The molecular weight excluding hydrogens is 320 g/mol. The Balaban J connectivity index is 4.37. The van der Waals surface area contributed by atoms with Gasteiger partial charge in [-0.25, -0.2) is 4.79 Å². The van der Waals surface area contributed by atoms with Gasteiger partial charge in [-0.2, -0.15) is 0 Å². The highest BCUT2D eigenvalue weighted by Crippen LogP contribution is 2.36. The Bertz CT molecular complexity index is 385. The van der Waals surface area contributed by atoms with Crippen LogP contribution in [0.4, 0.5) is 4.79 Å². The van der Waals surface area contributed by atoms with Gasteiger partial charge in [0.05, 0.1) is 0 Å². The molecule has 0 aromatic rings. The highest BCUT2D eigenvalue weighted by atomic mass is 28.4. The van der Waals surface area contributed by atoms with Crippen molar-refractivity contribution in [1.29, 1.82) is 0 Å². The summed E-state index contributed by atoms with van der Waals surface area (Å²) >= 11 is 0. The fourth-order valence-corrected chi connectivity index (χ4v) is 2.97. The van der Waals surface area contributed by atoms with Crippen LogP contribution in [0.1, 0.15) is 61.3 Å². The molecular formula is C18H40N2O3Si. The Morgan fingerprint density at radius 3 is 2.08 bits per heavy atom. The Labute approximate surface area is 150 Å². The average molecular weight is 361 g/mol. The number of amides is 1. The average Bonchev–Trinajstić information content (AvgIpc) is 2.32. The number of carbonyl (C=O) groups is 1. The summed E-state index contributed by atoms with van der Waals surface area (Å²) in [6.45, 7) is 20.7. The van der Waals surface area contributed by atoms with Gasteiger partial charge in [-0.3, -0.25) is 0 Å². The zero-order valence-corrected chi connectivity index (χ0v) is 18.4. The number of ether oxygens (including phenoxy) is 1. The van der Waals surface area contributed by atoms with E-state index in [1.165, 1.54) is 0 Å². The van der Waals surface area contributed by atoms with Gasteiger partial charge in [0.2, 0.25) is 0 Å². The molecule has 24 heavy (non-hydrogen) atoms. The highest BCUT2D eigenvalue weighted by Gasteiger charge is 2.36. The molecule has 0 radical (unpaired) electrons. The van der Waals surface area contributed by atoms with Crippen LogP contribution in [-0.2, 0) is 9.16 Å². The third kappa shape index (κ3) is 9.64. The lowest BCUT2D eigenvalue weighted by Gasteiger charge is -2.36. The van der Waals surface area contributed by atoms with Crippen molar-refractivity contribution in [2.24, 2.45) is 5.73 Å². The molecule has 0 rings (SSSR count). The van der Waals surface area contributed by atoms with E-state index in [2.05, 4.69) is 33.9 Å². The largest absolute Gasteiger partial charge is 0.444 e. The minimum atomic E-state index is -1.69. The lowest BCUT2D eigenvalue weighted by Crippen LogP contribution is -2.43. The zero-order chi connectivity index (χ0) is 19.2. The van der Waals surface area contributed by atoms with Crippen LogP contribution in [0.15, 0.2) is 0 Å². The van der Waals surface area contributed by atoms with E-state index >= 15 is 0 Å². The van der Waals surface area contributed by atoms with Gasteiger partial charge in [0.25, 0.3) is 0 Å². The summed E-state index contributed by atoms with van der Waals surface area (Å²) in [5.41, 5.74) is 5.37. The van der Waals surface area contributed by atoms with E-state index in [1.807, 2.05) is 27.7 Å². The zero-order valence-electron chi connectivity index (χ0n) is 17.4. The molecule has 2 N–H and O–H groups in total. The lowest BCUT2D eigenvalue weighted by atomic mass is 10.2. The smallest absolute Gasteiger partial charge is 0.410 e. The van der Waals surface area contributed by atoms with Crippen LogP contribution in [0.3, 0.4) is 0 Å². The lowest BCUT2D eigenvalue weighted by molar-refractivity contribution is 0.0236. The second kappa shape index (κ2) is 9.20. The van der Waals surface area contributed by atoms with E-state index in [-0.39, 0.29) is 17.2 Å². The Kier molecular flexibility index (Phi) is 8.97. The van der Waals surface area contributed by atoms with Gasteiger partial charge in [0, 0.05) is 25.7 Å². The summed E-state index contributed by atoms with van der Waals surface area (Å²) in [6, 6.07) is -0.0685. The number of rotatable bonds is 8. The maximum absolute atomic E-state index is 12.3. The van der Waals surface area contributed by atoms with Crippen LogP contribution in [-0.4, -0.2) is 50.6 Å². The standard InChI is InChI=1S/C18H40N2O3Si/c1-15(19)14-20(16(21)23-17(2,3)4)12-10-11-13-22-24(8,9)18(5,6)7/h15H,10-14,19H2,1-9H3. The van der Waals surface area contributed by atoms with E-state index in [0.29, 0.717) is 13.1 Å². The van der Waals surface area contributed by atoms with E-state index in [9.17, 15) is 4.79 Å². The van der Waals surface area contributed by atoms with Crippen molar-refractivity contribution in [3.05, 3.63) is 0 Å². The number of hydrogen-bond donors (Lipinski definition) is 1. The van der Waals surface area contributed by atoms with E-state index in [0.717, 1.165) is 19.4 Å². The number of nitrogens with zero attached hydrogens (tertiary/aromatic N) is 1. The molecule has 1 unspecified atom stereocenters. The van der Waals surface area contributed by atoms with Crippen LogP contribution >= 0.6 is 0 Å². The van der Waals surface area contributed by atoms with Gasteiger partial charge in [-0.15, -0.1) is 0 Å². The molecule has 0 aliphatic carbocycles. The van der Waals surface area contributed by atoms with Gasteiger partial charge in [-0.05, 0) is 58.7 Å². The first-order valence-corrected chi connectivity index (χ1v) is 11.9. The second-order valence-corrected chi connectivity index (χ2v) is 14.0. The summed E-state index contributed by atoms with van der Waals surface area (Å²) in [6.07, 6.45) is 1.54. The van der Waals surface area contributed by atoms with Crippen LogP contribution in [0.5, 0.6) is 0 Å². The first-order chi connectivity index (χ1) is 10.7. The molecule has 0 saturated carbocycles. The summed E-state index contributed by atoms with van der Waals surface area (Å²) in [4.78, 5) is 14.0. The van der Waals surface area contributed by atoms with Crippen LogP contribution in [0.25, 0.3) is 0 Å². The fourth-order valence-electron chi connectivity index (χ4n) is 1.88. The topological polar surface area (TPSA) is 64.8 Å². The summed E-state index contributed by atoms with van der Waals surface area (Å²) in [5.74, 6) is 0. The van der Waals surface area contributed by atoms with E-state index in [4.69, 9.17) is 14.9 Å². The van der Waals surface area contributed by atoms with Crippen LogP contribution in [0, 0.1) is 0 Å². The van der Waals surface area contributed by atoms with Crippen molar-refractivity contribution >= 4 is 14.4 Å². The molecule has 0 fully saturated rings. The Hall–Kier alpha value is -0.593. The molecule has 144 valence electrons. The van der Waals surface area contributed by atoms with Crippen molar-refractivity contribution in [1.82, 2.24) is 4.90 Å². The van der Waals surface area contributed by atoms with Gasteiger partial charge in [0.15, 0.2) is 8.32 Å². The Morgan fingerprint density at radius 2 is 1.67 bits per heavy atom. The molecule has 6 heteroatoms. The minimum Gasteiger partial charge on any atom is -0.444 e. The minimum absolute atomic E-state index is 0.0685. The van der Waals surface area contributed by atoms with E-state index in [1.54, 1.807) is 4.90 Å². The predicted octanol–water partition coefficient (Wildman–Crippen LogP) is 4.37. The maximum Gasteiger partial charge on any atom is 0.410 e. The maximum atomic E-state index is 12.3.